The third-order valence-electron chi connectivity index (χ3n) is 2.91. The minimum atomic E-state index is -0.853. The first-order chi connectivity index (χ1) is 9.61. The molecule has 0 bridgehead atoms. The van der Waals surface area contributed by atoms with Gasteiger partial charge >= 0.3 is 0 Å². The summed E-state index contributed by atoms with van der Waals surface area (Å²) in [5, 5.41) is 12.4. The van der Waals surface area contributed by atoms with Crippen molar-refractivity contribution in [1.29, 1.82) is 5.26 Å². The van der Waals surface area contributed by atoms with Crippen molar-refractivity contribution in [2.45, 2.75) is 12.8 Å². The molecule has 0 aromatic heterocycles. The molecule has 2 aromatic rings. The third kappa shape index (κ3) is 3.17. The van der Waals surface area contributed by atoms with Gasteiger partial charge in [-0.25, -0.2) is 0 Å². The van der Waals surface area contributed by atoms with E-state index in [-0.39, 0.29) is 5.91 Å². The lowest BCUT2D eigenvalue weighted by molar-refractivity contribution is -0.116. The fourth-order valence-electron chi connectivity index (χ4n) is 1.86. The van der Waals surface area contributed by atoms with E-state index in [4.69, 9.17) is 11.6 Å². The molecule has 0 saturated heterocycles. The van der Waals surface area contributed by atoms with Crippen LogP contribution in [0.5, 0.6) is 0 Å². The average Bonchev–Trinajstić information content (AvgIpc) is 2.44. The summed E-state index contributed by atoms with van der Waals surface area (Å²) < 4.78 is 0. The fraction of sp³-hybridized carbons (Fsp3) is 0.125. The molecule has 0 aliphatic heterocycles. The zero-order chi connectivity index (χ0) is 14.5. The topological polar surface area (TPSA) is 52.9 Å². The zero-order valence-corrected chi connectivity index (χ0v) is 11.7. The van der Waals surface area contributed by atoms with Crippen molar-refractivity contribution in [3.63, 3.8) is 0 Å². The molecule has 0 radical (unpaired) electrons. The number of carbonyl (C=O) groups is 1. The molecule has 0 aliphatic carbocycles. The van der Waals surface area contributed by atoms with Gasteiger partial charge in [0.1, 0.15) is 0 Å². The number of rotatable bonds is 3. The molecule has 1 N–H and O–H groups in total. The Hall–Kier alpha value is -2.31. The van der Waals surface area contributed by atoms with Crippen LogP contribution in [0.25, 0.3) is 0 Å². The Kier molecular flexibility index (Phi) is 4.39. The molecule has 4 heteroatoms. The highest BCUT2D eigenvalue weighted by atomic mass is 35.5. The molecule has 0 aliphatic rings. The smallest absolute Gasteiger partial charge is 0.246 e. The van der Waals surface area contributed by atoms with Crippen molar-refractivity contribution >= 4 is 23.2 Å². The van der Waals surface area contributed by atoms with Gasteiger partial charge in [0.15, 0.2) is 5.92 Å². The van der Waals surface area contributed by atoms with E-state index in [0.717, 1.165) is 5.56 Å². The Bertz CT molecular complexity index is 662. The Morgan fingerprint density at radius 3 is 2.55 bits per heavy atom. The predicted molar refractivity (Wildman–Crippen MR) is 79.6 cm³/mol. The van der Waals surface area contributed by atoms with E-state index in [0.29, 0.717) is 16.3 Å². The van der Waals surface area contributed by atoms with E-state index in [9.17, 15) is 10.1 Å². The number of halogens is 1. The lowest BCUT2D eigenvalue weighted by Crippen LogP contribution is -2.20. The first-order valence-electron chi connectivity index (χ1n) is 6.13. The number of benzene rings is 2. The maximum absolute atomic E-state index is 12.2. The zero-order valence-electron chi connectivity index (χ0n) is 10.9. The van der Waals surface area contributed by atoms with E-state index in [1.807, 2.05) is 25.1 Å². The molecule has 0 saturated carbocycles. The summed E-state index contributed by atoms with van der Waals surface area (Å²) in [6, 6.07) is 16.3. The van der Waals surface area contributed by atoms with Crippen molar-refractivity contribution in [3.8, 4) is 6.07 Å². The summed E-state index contributed by atoms with van der Waals surface area (Å²) >= 11 is 6.07. The van der Waals surface area contributed by atoms with Crippen LogP contribution in [-0.4, -0.2) is 5.91 Å². The summed E-state index contributed by atoms with van der Waals surface area (Å²) in [4.78, 5) is 12.2. The summed E-state index contributed by atoms with van der Waals surface area (Å²) in [7, 11) is 0. The maximum atomic E-state index is 12.2. The van der Waals surface area contributed by atoms with Crippen LogP contribution in [0.3, 0.4) is 0 Å². The van der Waals surface area contributed by atoms with Gasteiger partial charge < -0.3 is 5.32 Å². The Morgan fingerprint density at radius 2 is 1.95 bits per heavy atom. The number of nitrogens with one attached hydrogen (secondary N) is 1. The second-order valence-corrected chi connectivity index (χ2v) is 4.85. The fourth-order valence-corrected chi connectivity index (χ4v) is 2.14. The minimum absolute atomic E-state index is 0.385. The van der Waals surface area contributed by atoms with Gasteiger partial charge in [0.25, 0.3) is 0 Å². The molecule has 1 amide bonds. The van der Waals surface area contributed by atoms with Gasteiger partial charge in [-0.2, -0.15) is 5.26 Å². The first kappa shape index (κ1) is 14.1. The second-order valence-electron chi connectivity index (χ2n) is 4.45. The summed E-state index contributed by atoms with van der Waals surface area (Å²) in [5.74, 6) is -1.24. The highest BCUT2D eigenvalue weighted by molar-refractivity contribution is 6.33. The van der Waals surface area contributed by atoms with Gasteiger partial charge in [-0.1, -0.05) is 48.0 Å². The standard InChI is InChI=1S/C16H13ClN2O/c1-11-7-8-15(14(17)9-11)19-16(20)13(10-18)12-5-3-2-4-6-12/h2-9,13H,1H3,(H,19,20). The highest BCUT2D eigenvalue weighted by Crippen LogP contribution is 2.24. The molecule has 3 nitrogen and oxygen atoms in total. The van der Waals surface area contributed by atoms with Crippen molar-refractivity contribution in [2.24, 2.45) is 0 Å². The van der Waals surface area contributed by atoms with E-state index in [1.165, 1.54) is 0 Å². The Balaban J connectivity index is 2.21. The van der Waals surface area contributed by atoms with Crippen molar-refractivity contribution < 1.29 is 4.79 Å². The summed E-state index contributed by atoms with van der Waals surface area (Å²) in [5.41, 5.74) is 2.18. The number of hydrogen-bond donors (Lipinski definition) is 1. The predicted octanol–water partition coefficient (Wildman–Crippen LogP) is 3.89. The van der Waals surface area contributed by atoms with E-state index >= 15 is 0 Å². The Labute approximate surface area is 122 Å². The minimum Gasteiger partial charge on any atom is -0.323 e. The number of aryl methyl sites for hydroxylation is 1. The molecule has 1 unspecified atom stereocenters. The van der Waals surface area contributed by atoms with Gasteiger partial charge in [-0.15, -0.1) is 0 Å². The molecule has 1 atom stereocenters. The molecular weight excluding hydrogens is 272 g/mol. The van der Waals surface area contributed by atoms with Crippen molar-refractivity contribution in [2.75, 3.05) is 5.32 Å². The van der Waals surface area contributed by atoms with E-state index in [1.54, 1.807) is 36.4 Å². The van der Waals surface area contributed by atoms with Crippen LogP contribution < -0.4 is 5.32 Å². The molecule has 0 heterocycles. The molecule has 2 rings (SSSR count). The van der Waals surface area contributed by atoms with Gasteiger partial charge in [-0.05, 0) is 30.2 Å². The summed E-state index contributed by atoms with van der Waals surface area (Å²) in [6.45, 7) is 1.92. The number of nitriles is 1. The SMILES string of the molecule is Cc1ccc(NC(=O)C(C#N)c2ccccc2)c(Cl)c1. The van der Waals surface area contributed by atoms with Crippen LogP contribution in [0.2, 0.25) is 5.02 Å². The van der Waals surface area contributed by atoms with Crippen LogP contribution >= 0.6 is 11.6 Å². The van der Waals surface area contributed by atoms with Crippen LogP contribution in [0.4, 0.5) is 5.69 Å². The lowest BCUT2D eigenvalue weighted by atomic mass is 10.00. The number of amides is 1. The van der Waals surface area contributed by atoms with Gasteiger partial charge in [-0.3, -0.25) is 4.79 Å². The number of anilines is 1. The highest BCUT2D eigenvalue weighted by Gasteiger charge is 2.20. The first-order valence-corrected chi connectivity index (χ1v) is 6.51. The molecule has 0 spiro atoms. The monoisotopic (exact) mass is 284 g/mol. The quantitative estimate of drug-likeness (QED) is 0.929. The van der Waals surface area contributed by atoms with Crippen LogP contribution in [-0.2, 0) is 4.79 Å². The number of nitrogens with zero attached hydrogens (tertiary/aromatic N) is 1. The number of hydrogen-bond acceptors (Lipinski definition) is 2. The molecule has 100 valence electrons. The van der Waals surface area contributed by atoms with E-state index < -0.39 is 5.92 Å². The maximum Gasteiger partial charge on any atom is 0.246 e. The number of carbonyl (C=O) groups excluding carboxylic acids is 1. The van der Waals surface area contributed by atoms with Crippen LogP contribution in [0, 0.1) is 18.3 Å². The average molecular weight is 285 g/mol. The second kappa shape index (κ2) is 6.23. The molecule has 20 heavy (non-hydrogen) atoms. The van der Waals surface area contributed by atoms with Crippen molar-refractivity contribution in [3.05, 3.63) is 64.7 Å². The largest absolute Gasteiger partial charge is 0.323 e. The van der Waals surface area contributed by atoms with Gasteiger partial charge in [0.2, 0.25) is 5.91 Å². The molecular formula is C16H13ClN2O. The summed E-state index contributed by atoms with van der Waals surface area (Å²) in [6.07, 6.45) is 0. The Morgan fingerprint density at radius 1 is 1.25 bits per heavy atom. The lowest BCUT2D eigenvalue weighted by Gasteiger charge is -2.12. The normalized spacial score (nSPS) is 11.4. The van der Waals surface area contributed by atoms with Crippen molar-refractivity contribution in [1.82, 2.24) is 0 Å². The third-order valence-corrected chi connectivity index (χ3v) is 3.22. The molecule has 2 aromatic carbocycles. The van der Waals surface area contributed by atoms with Crippen LogP contribution in [0.15, 0.2) is 48.5 Å². The van der Waals surface area contributed by atoms with Gasteiger partial charge in [0.05, 0.1) is 16.8 Å². The molecule has 0 fully saturated rings. The van der Waals surface area contributed by atoms with Gasteiger partial charge in [0, 0.05) is 0 Å². The van der Waals surface area contributed by atoms with Crippen LogP contribution in [0.1, 0.15) is 17.0 Å². The van der Waals surface area contributed by atoms with E-state index in [2.05, 4.69) is 5.32 Å².